The van der Waals surface area contributed by atoms with Crippen molar-refractivity contribution in [2.75, 3.05) is 19.6 Å². The Bertz CT molecular complexity index is 999. The average Bonchev–Trinajstić information content (AvgIpc) is 2.85. The van der Waals surface area contributed by atoms with Gasteiger partial charge in [0.15, 0.2) is 0 Å². The van der Waals surface area contributed by atoms with Crippen molar-refractivity contribution in [2.24, 2.45) is 5.92 Å². The number of nitrogens with zero attached hydrogens (tertiary/aromatic N) is 1. The molecular weight excluding hydrogens is 384 g/mol. The topological polar surface area (TPSA) is 66.5 Å². The Morgan fingerprint density at radius 3 is 2.52 bits per heavy atom. The summed E-state index contributed by atoms with van der Waals surface area (Å²) >= 11 is 0. The van der Waals surface area contributed by atoms with Crippen LogP contribution in [0.3, 0.4) is 0 Å². The van der Waals surface area contributed by atoms with E-state index in [2.05, 4.69) is 43.4 Å². The van der Waals surface area contributed by atoms with Gasteiger partial charge in [-0.2, -0.15) is 4.31 Å². The molecule has 1 fully saturated rings. The lowest BCUT2D eigenvalue weighted by Crippen LogP contribution is -2.40. The van der Waals surface area contributed by atoms with Crippen LogP contribution in [0.1, 0.15) is 30.5 Å². The summed E-state index contributed by atoms with van der Waals surface area (Å²) in [6, 6.07) is 14.4. The molecule has 1 saturated heterocycles. The van der Waals surface area contributed by atoms with Gasteiger partial charge in [-0.05, 0) is 56.4 Å². The van der Waals surface area contributed by atoms with Gasteiger partial charge in [0.2, 0.25) is 15.9 Å². The number of benzene rings is 2. The second-order valence-corrected chi connectivity index (χ2v) is 10.6. The zero-order valence-corrected chi connectivity index (χ0v) is 18.4. The first-order valence-corrected chi connectivity index (χ1v) is 11.6. The van der Waals surface area contributed by atoms with Crippen LogP contribution in [0.2, 0.25) is 0 Å². The zero-order chi connectivity index (χ0) is 21.2. The highest BCUT2D eigenvalue weighted by Crippen LogP contribution is 2.30. The maximum absolute atomic E-state index is 12.7. The average molecular weight is 415 g/mol. The number of hydrogen-bond donors (Lipinski definition) is 1. The summed E-state index contributed by atoms with van der Waals surface area (Å²) in [5, 5.41) is 2.39. The molecule has 0 radical (unpaired) electrons. The Morgan fingerprint density at radius 1 is 1.10 bits per heavy atom. The fourth-order valence-corrected chi connectivity index (χ4v) is 5.23. The highest BCUT2D eigenvalue weighted by Gasteiger charge is 2.33. The molecule has 5 nitrogen and oxygen atoms in total. The zero-order valence-electron chi connectivity index (χ0n) is 17.6. The van der Waals surface area contributed by atoms with Crippen molar-refractivity contribution in [1.29, 1.82) is 0 Å². The molecule has 0 aromatic heterocycles. The Hall–Kier alpha value is -2.18. The van der Waals surface area contributed by atoms with Gasteiger partial charge in [0.1, 0.15) is 0 Å². The van der Waals surface area contributed by atoms with Gasteiger partial charge in [0.25, 0.3) is 0 Å². The van der Waals surface area contributed by atoms with Crippen molar-refractivity contribution in [2.45, 2.75) is 39.4 Å². The van der Waals surface area contributed by atoms with Crippen molar-refractivity contribution in [1.82, 2.24) is 9.62 Å². The molecule has 1 amide bonds. The molecule has 0 saturated carbocycles. The minimum absolute atomic E-state index is 0.0816. The Morgan fingerprint density at radius 2 is 1.83 bits per heavy atom. The molecule has 0 aliphatic carbocycles. The standard InChI is InChI=1S/C23H30N2O3S/c1-16(2)29(27,28)25-12-11-24-23(26)20(15-25)14-19-7-5-6-8-22(19)21-10-9-17(3)13-18(21)4/h5-10,13,16,20H,11-12,14-15H2,1-4H3,(H,24,26). The van der Waals surface area contributed by atoms with Crippen LogP contribution < -0.4 is 5.32 Å². The molecular formula is C23H30N2O3S. The van der Waals surface area contributed by atoms with E-state index >= 15 is 0 Å². The van der Waals surface area contributed by atoms with Crippen molar-refractivity contribution >= 4 is 15.9 Å². The van der Waals surface area contributed by atoms with E-state index < -0.39 is 21.2 Å². The lowest BCUT2D eigenvalue weighted by atomic mass is 9.89. The SMILES string of the molecule is Cc1ccc(-c2ccccc2CC2CN(S(=O)(=O)C(C)C)CCNC2=O)c(C)c1. The number of aryl methyl sites for hydroxylation is 2. The monoisotopic (exact) mass is 414 g/mol. The van der Waals surface area contributed by atoms with Crippen LogP contribution in [-0.4, -0.2) is 43.5 Å². The van der Waals surface area contributed by atoms with Crippen molar-refractivity contribution in [3.05, 3.63) is 59.2 Å². The Balaban J connectivity index is 1.93. The highest BCUT2D eigenvalue weighted by molar-refractivity contribution is 7.89. The van der Waals surface area contributed by atoms with Crippen LogP contribution in [0.15, 0.2) is 42.5 Å². The number of nitrogens with one attached hydrogen (secondary N) is 1. The molecule has 6 heteroatoms. The van der Waals surface area contributed by atoms with Gasteiger partial charge in [-0.25, -0.2) is 8.42 Å². The molecule has 2 aromatic carbocycles. The third-order valence-corrected chi connectivity index (χ3v) is 7.81. The molecule has 1 aliphatic heterocycles. The molecule has 1 N–H and O–H groups in total. The third-order valence-electron chi connectivity index (χ3n) is 5.57. The minimum atomic E-state index is -3.40. The number of rotatable bonds is 5. The number of hydrogen-bond acceptors (Lipinski definition) is 3. The quantitative estimate of drug-likeness (QED) is 0.816. The lowest BCUT2D eigenvalue weighted by Gasteiger charge is -2.25. The molecule has 2 aromatic rings. The third kappa shape index (κ3) is 4.70. The van der Waals surface area contributed by atoms with Crippen LogP contribution in [0.5, 0.6) is 0 Å². The largest absolute Gasteiger partial charge is 0.354 e. The van der Waals surface area contributed by atoms with E-state index in [9.17, 15) is 13.2 Å². The number of carbonyl (C=O) groups is 1. The lowest BCUT2D eigenvalue weighted by molar-refractivity contribution is -0.124. The van der Waals surface area contributed by atoms with E-state index in [0.29, 0.717) is 19.5 Å². The molecule has 1 unspecified atom stereocenters. The van der Waals surface area contributed by atoms with Crippen LogP contribution >= 0.6 is 0 Å². The molecule has 1 atom stereocenters. The maximum Gasteiger partial charge on any atom is 0.224 e. The van der Waals surface area contributed by atoms with E-state index in [0.717, 1.165) is 16.7 Å². The van der Waals surface area contributed by atoms with E-state index in [-0.39, 0.29) is 12.5 Å². The summed E-state index contributed by atoms with van der Waals surface area (Å²) in [7, 11) is -3.40. The fraction of sp³-hybridized carbons (Fsp3) is 0.435. The first-order chi connectivity index (χ1) is 13.7. The van der Waals surface area contributed by atoms with Gasteiger partial charge in [-0.1, -0.05) is 48.0 Å². The van der Waals surface area contributed by atoms with Gasteiger partial charge in [0.05, 0.1) is 11.2 Å². The normalized spacial score (nSPS) is 18.5. The van der Waals surface area contributed by atoms with E-state index in [1.54, 1.807) is 13.8 Å². The summed E-state index contributed by atoms with van der Waals surface area (Å²) in [5.74, 6) is -0.500. The predicted octanol–water partition coefficient (Wildman–Crippen LogP) is 3.30. The first kappa shape index (κ1) is 21.5. The summed E-state index contributed by atoms with van der Waals surface area (Å²) in [5.41, 5.74) is 5.70. The molecule has 1 heterocycles. The summed E-state index contributed by atoms with van der Waals surface area (Å²) in [6.45, 7) is 8.41. The number of sulfonamides is 1. The van der Waals surface area contributed by atoms with Crippen LogP contribution in [0.25, 0.3) is 11.1 Å². The molecule has 29 heavy (non-hydrogen) atoms. The summed E-state index contributed by atoms with van der Waals surface area (Å²) in [6.07, 6.45) is 0.499. The summed E-state index contributed by atoms with van der Waals surface area (Å²) < 4.78 is 26.9. The van der Waals surface area contributed by atoms with Crippen molar-refractivity contribution in [3.63, 3.8) is 0 Å². The molecule has 0 spiro atoms. The van der Waals surface area contributed by atoms with Crippen LogP contribution in [-0.2, 0) is 21.2 Å². The molecule has 3 rings (SSSR count). The first-order valence-electron chi connectivity index (χ1n) is 10.1. The van der Waals surface area contributed by atoms with Crippen LogP contribution in [0, 0.1) is 19.8 Å². The van der Waals surface area contributed by atoms with Gasteiger partial charge in [-0.3, -0.25) is 4.79 Å². The van der Waals surface area contributed by atoms with Crippen molar-refractivity contribution in [3.8, 4) is 11.1 Å². The molecule has 1 aliphatic rings. The van der Waals surface area contributed by atoms with Gasteiger partial charge in [0, 0.05) is 19.6 Å². The van der Waals surface area contributed by atoms with Gasteiger partial charge in [-0.15, -0.1) is 0 Å². The second-order valence-electron chi connectivity index (χ2n) is 8.12. The Kier molecular flexibility index (Phi) is 6.44. The van der Waals surface area contributed by atoms with Gasteiger partial charge >= 0.3 is 0 Å². The molecule has 0 bridgehead atoms. The smallest absolute Gasteiger partial charge is 0.224 e. The number of amides is 1. The van der Waals surface area contributed by atoms with Crippen LogP contribution in [0.4, 0.5) is 0 Å². The minimum Gasteiger partial charge on any atom is -0.354 e. The van der Waals surface area contributed by atoms with E-state index in [4.69, 9.17) is 0 Å². The fourth-order valence-electron chi connectivity index (χ4n) is 3.90. The molecule has 156 valence electrons. The summed E-state index contributed by atoms with van der Waals surface area (Å²) in [4.78, 5) is 12.7. The maximum atomic E-state index is 12.7. The highest BCUT2D eigenvalue weighted by atomic mass is 32.2. The van der Waals surface area contributed by atoms with E-state index in [1.165, 1.54) is 15.4 Å². The second kappa shape index (κ2) is 8.67. The predicted molar refractivity (Wildman–Crippen MR) is 117 cm³/mol. The number of carbonyl (C=O) groups excluding carboxylic acids is 1. The van der Waals surface area contributed by atoms with E-state index in [1.807, 2.05) is 18.2 Å². The Labute approximate surface area is 174 Å². The van der Waals surface area contributed by atoms with Crippen molar-refractivity contribution < 1.29 is 13.2 Å². The van der Waals surface area contributed by atoms with Gasteiger partial charge < -0.3 is 5.32 Å².